The van der Waals surface area contributed by atoms with Gasteiger partial charge in [-0.15, -0.1) is 0 Å². The van der Waals surface area contributed by atoms with Gasteiger partial charge in [0, 0.05) is 44.0 Å². The number of carbonyl (C=O) groups excluding carboxylic acids is 1. The van der Waals surface area contributed by atoms with Gasteiger partial charge in [-0.05, 0) is 32.9 Å². The van der Waals surface area contributed by atoms with Gasteiger partial charge in [-0.3, -0.25) is 13.9 Å². The van der Waals surface area contributed by atoms with E-state index in [1.165, 1.54) is 11.6 Å². The Labute approximate surface area is 178 Å². The van der Waals surface area contributed by atoms with E-state index < -0.39 is 17.4 Å². The lowest BCUT2D eigenvalue weighted by Gasteiger charge is -2.20. The minimum atomic E-state index is -0.595. The van der Waals surface area contributed by atoms with Crippen LogP contribution in [-0.2, 0) is 25.4 Å². The summed E-state index contributed by atoms with van der Waals surface area (Å²) >= 11 is 6.18. The first-order valence-corrected chi connectivity index (χ1v) is 9.89. The maximum absolute atomic E-state index is 12.9. The van der Waals surface area contributed by atoms with Gasteiger partial charge in [-0.1, -0.05) is 23.7 Å². The molecule has 0 unspecified atom stereocenters. The van der Waals surface area contributed by atoms with Crippen molar-refractivity contribution in [3.8, 4) is 11.3 Å². The molecule has 0 aliphatic carbocycles. The number of rotatable bonds is 4. The number of halogens is 1. The van der Waals surface area contributed by atoms with E-state index in [-0.39, 0.29) is 12.1 Å². The summed E-state index contributed by atoms with van der Waals surface area (Å²) in [5.41, 5.74) is 0.495. The molecule has 1 N–H and O–H groups in total. The molecular weight excluding hydrogens is 408 g/mol. The topological polar surface area (TPSA) is 87.3 Å². The number of hydrogen-bond acceptors (Lipinski definition) is 4. The normalized spacial score (nSPS) is 11.7. The number of nitrogens with one attached hydrogen (secondary N) is 1. The van der Waals surface area contributed by atoms with Gasteiger partial charge in [0.25, 0.3) is 5.56 Å². The van der Waals surface area contributed by atoms with Crippen molar-refractivity contribution in [3.05, 3.63) is 56.3 Å². The van der Waals surface area contributed by atoms with Crippen LogP contribution in [0.4, 0.5) is 4.79 Å². The summed E-state index contributed by atoms with van der Waals surface area (Å²) in [5.74, 6) is 0. The zero-order valence-electron chi connectivity index (χ0n) is 17.7. The fraction of sp³-hybridized carbons (Fsp3) is 0.381. The lowest BCUT2D eigenvalue weighted by molar-refractivity contribution is 0.0526. The predicted molar refractivity (Wildman–Crippen MR) is 117 cm³/mol. The summed E-state index contributed by atoms with van der Waals surface area (Å²) in [6, 6.07) is 7.16. The molecule has 0 radical (unpaired) electrons. The van der Waals surface area contributed by atoms with Gasteiger partial charge in [-0.25, -0.2) is 9.59 Å². The van der Waals surface area contributed by atoms with Crippen LogP contribution in [0.25, 0.3) is 22.2 Å². The summed E-state index contributed by atoms with van der Waals surface area (Å²) in [5, 5.41) is 3.66. The van der Waals surface area contributed by atoms with Crippen molar-refractivity contribution in [2.24, 2.45) is 14.1 Å². The second kappa shape index (κ2) is 8.02. The molecule has 0 spiro atoms. The highest BCUT2D eigenvalue weighted by atomic mass is 35.5. The molecule has 1 amide bonds. The van der Waals surface area contributed by atoms with E-state index in [2.05, 4.69) is 5.32 Å². The molecule has 160 valence electrons. The van der Waals surface area contributed by atoms with Gasteiger partial charge in [0.15, 0.2) is 0 Å². The Kier molecular flexibility index (Phi) is 5.81. The summed E-state index contributed by atoms with van der Waals surface area (Å²) in [7, 11) is 3.07. The van der Waals surface area contributed by atoms with Gasteiger partial charge >= 0.3 is 11.8 Å². The highest BCUT2D eigenvalue weighted by Crippen LogP contribution is 2.29. The minimum Gasteiger partial charge on any atom is -0.444 e. The Balaban J connectivity index is 2.08. The van der Waals surface area contributed by atoms with Crippen LogP contribution < -0.4 is 16.6 Å². The van der Waals surface area contributed by atoms with E-state index in [4.69, 9.17) is 16.3 Å². The standard InChI is InChI=1S/C21H25ClN4O4/c1-21(2,3)30-19(28)23-9-10-26-12-15-16(18(27)25(5)20(29)24(15)4)17(26)13-7-6-8-14(22)11-13/h6-8,11-12H,9-10H2,1-5H3,(H,23,28). The van der Waals surface area contributed by atoms with Crippen LogP contribution in [0.15, 0.2) is 40.1 Å². The summed E-state index contributed by atoms with van der Waals surface area (Å²) < 4.78 is 9.62. The van der Waals surface area contributed by atoms with E-state index in [1.54, 1.807) is 52.2 Å². The van der Waals surface area contributed by atoms with Crippen LogP contribution in [0.5, 0.6) is 0 Å². The lowest BCUT2D eigenvalue weighted by atomic mass is 10.1. The fourth-order valence-corrected chi connectivity index (χ4v) is 3.49. The SMILES string of the molecule is Cn1c(=O)c2c(-c3cccc(Cl)c3)n(CCNC(=O)OC(C)(C)C)cc2n(C)c1=O. The lowest BCUT2D eigenvalue weighted by Crippen LogP contribution is -2.36. The van der Waals surface area contributed by atoms with Crippen LogP contribution in [0.1, 0.15) is 20.8 Å². The van der Waals surface area contributed by atoms with Crippen LogP contribution in [0.3, 0.4) is 0 Å². The average Bonchev–Trinajstić information content (AvgIpc) is 3.03. The van der Waals surface area contributed by atoms with Crippen molar-refractivity contribution in [3.63, 3.8) is 0 Å². The Bertz CT molecular complexity index is 1230. The molecule has 0 fully saturated rings. The van der Waals surface area contributed by atoms with E-state index in [0.717, 1.165) is 10.1 Å². The molecule has 9 heteroatoms. The van der Waals surface area contributed by atoms with Crippen molar-refractivity contribution in [1.29, 1.82) is 0 Å². The number of alkyl carbamates (subject to hydrolysis) is 1. The van der Waals surface area contributed by atoms with Gasteiger partial charge in [0.1, 0.15) is 5.60 Å². The highest BCUT2D eigenvalue weighted by Gasteiger charge is 2.20. The molecule has 2 aromatic heterocycles. The smallest absolute Gasteiger partial charge is 0.407 e. The first-order valence-electron chi connectivity index (χ1n) is 9.51. The zero-order valence-corrected chi connectivity index (χ0v) is 18.4. The molecule has 0 bridgehead atoms. The summed E-state index contributed by atoms with van der Waals surface area (Å²) in [4.78, 5) is 37.3. The van der Waals surface area contributed by atoms with E-state index in [1.807, 2.05) is 10.6 Å². The molecule has 1 aromatic carbocycles. The van der Waals surface area contributed by atoms with Crippen LogP contribution in [0, 0.1) is 0 Å². The molecule has 8 nitrogen and oxygen atoms in total. The number of ether oxygens (including phenoxy) is 1. The Morgan fingerprint density at radius 2 is 1.87 bits per heavy atom. The quantitative estimate of drug-likeness (QED) is 0.686. The number of nitrogens with zero attached hydrogens (tertiary/aromatic N) is 3. The van der Waals surface area contributed by atoms with Crippen molar-refractivity contribution in [1.82, 2.24) is 19.0 Å². The van der Waals surface area contributed by atoms with Crippen LogP contribution >= 0.6 is 11.6 Å². The molecule has 0 saturated carbocycles. The van der Waals surface area contributed by atoms with Crippen LogP contribution in [0.2, 0.25) is 5.02 Å². The van der Waals surface area contributed by atoms with Crippen molar-refractivity contribution >= 4 is 28.6 Å². The number of benzene rings is 1. The van der Waals surface area contributed by atoms with Crippen molar-refractivity contribution in [2.45, 2.75) is 32.9 Å². The molecule has 3 rings (SSSR count). The molecular formula is C21H25ClN4O4. The van der Waals surface area contributed by atoms with Crippen molar-refractivity contribution in [2.75, 3.05) is 6.54 Å². The molecule has 0 atom stereocenters. The highest BCUT2D eigenvalue weighted by molar-refractivity contribution is 6.30. The third-order valence-electron chi connectivity index (χ3n) is 4.63. The second-order valence-electron chi connectivity index (χ2n) is 8.08. The number of aryl methyl sites for hydroxylation is 1. The first kappa shape index (κ1) is 21.7. The van der Waals surface area contributed by atoms with Crippen LogP contribution in [-0.4, -0.2) is 31.9 Å². The summed E-state index contributed by atoms with van der Waals surface area (Å²) in [6.45, 7) is 6.02. The molecule has 0 aliphatic heterocycles. The monoisotopic (exact) mass is 432 g/mol. The Hall–Kier alpha value is -3.00. The number of hydrogen-bond donors (Lipinski definition) is 1. The number of fused-ring (bicyclic) bond motifs is 1. The largest absolute Gasteiger partial charge is 0.444 e. The molecule has 2 heterocycles. The third kappa shape index (κ3) is 4.28. The van der Waals surface area contributed by atoms with E-state index in [0.29, 0.717) is 28.2 Å². The molecule has 30 heavy (non-hydrogen) atoms. The third-order valence-corrected chi connectivity index (χ3v) is 4.87. The number of carbonyl (C=O) groups is 1. The van der Waals surface area contributed by atoms with E-state index >= 15 is 0 Å². The average molecular weight is 433 g/mol. The van der Waals surface area contributed by atoms with Crippen molar-refractivity contribution < 1.29 is 9.53 Å². The van der Waals surface area contributed by atoms with Gasteiger partial charge in [0.2, 0.25) is 0 Å². The first-order chi connectivity index (χ1) is 14.0. The van der Waals surface area contributed by atoms with Gasteiger partial charge in [-0.2, -0.15) is 0 Å². The second-order valence-corrected chi connectivity index (χ2v) is 8.51. The van der Waals surface area contributed by atoms with E-state index in [9.17, 15) is 14.4 Å². The molecule has 3 aromatic rings. The maximum Gasteiger partial charge on any atom is 0.407 e. The number of aromatic nitrogens is 3. The predicted octanol–water partition coefficient (Wildman–Crippen LogP) is 2.88. The minimum absolute atomic E-state index is 0.276. The number of amides is 1. The van der Waals surface area contributed by atoms with Gasteiger partial charge < -0.3 is 14.6 Å². The van der Waals surface area contributed by atoms with Gasteiger partial charge in [0.05, 0.1) is 16.6 Å². The maximum atomic E-state index is 12.9. The Morgan fingerprint density at radius 1 is 1.17 bits per heavy atom. The zero-order chi connectivity index (χ0) is 22.2. The Morgan fingerprint density at radius 3 is 2.50 bits per heavy atom. The fourth-order valence-electron chi connectivity index (χ4n) is 3.30. The molecule has 0 saturated heterocycles. The molecule has 0 aliphatic rings. The summed E-state index contributed by atoms with van der Waals surface area (Å²) in [6.07, 6.45) is 1.22.